The largest absolute Gasteiger partial charge is 0.342 e. The van der Waals surface area contributed by atoms with Crippen molar-refractivity contribution < 1.29 is 13.2 Å². The number of piperidine rings is 1. The summed E-state index contributed by atoms with van der Waals surface area (Å²) in [4.78, 5) is 14.1. The molecule has 1 aromatic rings. The number of sulfonamides is 1. The summed E-state index contributed by atoms with van der Waals surface area (Å²) in [6.07, 6.45) is 2.37. The quantitative estimate of drug-likeness (QED) is 0.841. The Morgan fingerprint density at radius 2 is 2.05 bits per heavy atom. The maximum Gasteiger partial charge on any atom is 0.240 e. The van der Waals surface area contributed by atoms with E-state index in [1.807, 2.05) is 4.90 Å². The van der Waals surface area contributed by atoms with Crippen LogP contribution in [-0.2, 0) is 14.8 Å². The summed E-state index contributed by atoms with van der Waals surface area (Å²) in [5, 5.41) is 0. The lowest BCUT2D eigenvalue weighted by atomic mass is 10.0. The van der Waals surface area contributed by atoms with Gasteiger partial charge in [-0.3, -0.25) is 4.79 Å². The second-order valence-corrected chi connectivity index (χ2v) is 8.37. The van der Waals surface area contributed by atoms with Gasteiger partial charge in [0.15, 0.2) is 0 Å². The van der Waals surface area contributed by atoms with Gasteiger partial charge in [-0.1, -0.05) is 22.9 Å². The summed E-state index contributed by atoms with van der Waals surface area (Å²) in [6.45, 7) is 3.82. The van der Waals surface area contributed by atoms with Gasteiger partial charge in [-0.25, -0.2) is 13.1 Å². The lowest BCUT2D eigenvalue weighted by molar-refractivity contribution is -0.132. The van der Waals surface area contributed by atoms with Gasteiger partial charge in [0.2, 0.25) is 15.9 Å². The molecule has 0 aromatic heterocycles. The normalized spacial score (nSPS) is 19.2. The summed E-state index contributed by atoms with van der Waals surface area (Å²) < 4.78 is 27.5. The number of likely N-dealkylation sites (tertiary alicyclic amines) is 1. The number of nitrogens with zero attached hydrogens (tertiary/aromatic N) is 1. The first kappa shape index (κ1) is 17.4. The minimum atomic E-state index is -3.56. The van der Waals surface area contributed by atoms with E-state index in [9.17, 15) is 13.2 Å². The summed E-state index contributed by atoms with van der Waals surface area (Å²) in [5.74, 6) is 0.544. The van der Waals surface area contributed by atoms with Gasteiger partial charge < -0.3 is 4.90 Å². The van der Waals surface area contributed by atoms with E-state index in [-0.39, 0.29) is 23.8 Å². The fraction of sp³-hybridized carbons (Fsp3) is 0.533. The van der Waals surface area contributed by atoms with Crippen LogP contribution in [0.4, 0.5) is 0 Å². The lowest BCUT2D eigenvalue weighted by Crippen LogP contribution is -2.40. The van der Waals surface area contributed by atoms with E-state index in [1.54, 1.807) is 12.1 Å². The number of nitrogens with one attached hydrogen (secondary N) is 1. The molecule has 1 N–H and O–H groups in total. The predicted octanol–water partition coefficient (Wildman–Crippen LogP) is 2.38. The Bertz CT molecular complexity index is 616. The number of halogens is 1. The van der Waals surface area contributed by atoms with Crippen LogP contribution in [0.5, 0.6) is 0 Å². The molecular formula is C15H21BrN2O3S. The molecule has 1 aliphatic rings. The summed E-state index contributed by atoms with van der Waals surface area (Å²) in [5.41, 5.74) is 0. The molecule has 1 fully saturated rings. The molecule has 0 spiro atoms. The third kappa shape index (κ3) is 4.79. The van der Waals surface area contributed by atoms with Crippen LogP contribution in [0.3, 0.4) is 0 Å². The van der Waals surface area contributed by atoms with Crippen molar-refractivity contribution in [2.75, 3.05) is 19.6 Å². The number of hydrogen-bond acceptors (Lipinski definition) is 3. The molecule has 1 amide bonds. The summed E-state index contributed by atoms with van der Waals surface area (Å²) in [6, 6.07) is 6.41. The van der Waals surface area contributed by atoms with Crippen molar-refractivity contribution in [1.29, 1.82) is 0 Å². The fourth-order valence-corrected chi connectivity index (χ4v) is 3.86. The van der Waals surface area contributed by atoms with Gasteiger partial charge in [-0.2, -0.15) is 0 Å². The van der Waals surface area contributed by atoms with Crippen molar-refractivity contribution >= 4 is 31.9 Å². The lowest BCUT2D eigenvalue weighted by Gasteiger charge is -2.31. The highest BCUT2D eigenvalue weighted by Gasteiger charge is 2.21. The number of amides is 1. The van der Waals surface area contributed by atoms with Crippen LogP contribution in [0.25, 0.3) is 0 Å². The zero-order chi connectivity index (χ0) is 16.2. The first-order valence-corrected chi connectivity index (χ1v) is 9.69. The highest BCUT2D eigenvalue weighted by molar-refractivity contribution is 9.10. The van der Waals surface area contributed by atoms with Gasteiger partial charge in [0, 0.05) is 30.5 Å². The summed E-state index contributed by atoms with van der Waals surface area (Å²) in [7, 11) is -3.56. The molecule has 0 aliphatic carbocycles. The Hall–Kier alpha value is -0.920. The van der Waals surface area contributed by atoms with Crippen LogP contribution in [-0.4, -0.2) is 38.9 Å². The molecule has 1 aromatic carbocycles. The van der Waals surface area contributed by atoms with Crippen LogP contribution in [0.2, 0.25) is 0 Å². The molecule has 0 bridgehead atoms. The zero-order valence-corrected chi connectivity index (χ0v) is 15.0. The van der Waals surface area contributed by atoms with Crippen molar-refractivity contribution in [2.24, 2.45) is 5.92 Å². The molecule has 2 rings (SSSR count). The SMILES string of the molecule is C[C@@H]1CCCN(C(=O)CCNS(=O)(=O)c2ccc(Br)cc2)C1. The van der Waals surface area contributed by atoms with Crippen molar-refractivity contribution in [3.63, 3.8) is 0 Å². The van der Waals surface area contributed by atoms with E-state index in [2.05, 4.69) is 27.6 Å². The third-order valence-corrected chi connectivity index (χ3v) is 5.77. The highest BCUT2D eigenvalue weighted by Crippen LogP contribution is 2.16. The molecule has 1 aliphatic heterocycles. The van der Waals surface area contributed by atoms with Crippen LogP contribution in [0.1, 0.15) is 26.2 Å². The van der Waals surface area contributed by atoms with Crippen LogP contribution >= 0.6 is 15.9 Å². The Morgan fingerprint density at radius 1 is 1.36 bits per heavy atom. The predicted molar refractivity (Wildman–Crippen MR) is 88.9 cm³/mol. The Kier molecular flexibility index (Phi) is 6.00. The Balaban J connectivity index is 1.84. The van der Waals surface area contributed by atoms with Gasteiger partial charge in [0.25, 0.3) is 0 Å². The van der Waals surface area contributed by atoms with E-state index in [1.165, 1.54) is 12.1 Å². The average Bonchev–Trinajstić information content (AvgIpc) is 2.47. The number of hydrogen-bond donors (Lipinski definition) is 1. The van der Waals surface area contributed by atoms with Crippen molar-refractivity contribution in [2.45, 2.75) is 31.1 Å². The van der Waals surface area contributed by atoms with Gasteiger partial charge >= 0.3 is 0 Å². The molecule has 122 valence electrons. The molecule has 5 nitrogen and oxygen atoms in total. The van der Waals surface area contributed by atoms with Crippen molar-refractivity contribution in [3.05, 3.63) is 28.7 Å². The number of benzene rings is 1. The van der Waals surface area contributed by atoms with Crippen molar-refractivity contribution in [1.82, 2.24) is 9.62 Å². The maximum absolute atomic E-state index is 12.1. The maximum atomic E-state index is 12.1. The topological polar surface area (TPSA) is 66.5 Å². The zero-order valence-electron chi connectivity index (χ0n) is 12.6. The minimum absolute atomic E-state index is 0.0186. The van der Waals surface area contributed by atoms with Crippen LogP contribution in [0.15, 0.2) is 33.6 Å². The second-order valence-electron chi connectivity index (χ2n) is 5.69. The highest BCUT2D eigenvalue weighted by atomic mass is 79.9. The third-order valence-electron chi connectivity index (χ3n) is 3.76. The van der Waals surface area contributed by atoms with E-state index < -0.39 is 10.0 Å². The molecular weight excluding hydrogens is 368 g/mol. The molecule has 22 heavy (non-hydrogen) atoms. The van der Waals surface area contributed by atoms with Gasteiger partial charge in [0.05, 0.1) is 4.90 Å². The summed E-state index contributed by atoms with van der Waals surface area (Å²) >= 11 is 3.27. The molecule has 1 heterocycles. The first-order valence-electron chi connectivity index (χ1n) is 7.41. The second kappa shape index (κ2) is 7.57. The van der Waals surface area contributed by atoms with Crippen molar-refractivity contribution in [3.8, 4) is 0 Å². The van der Waals surface area contributed by atoms with Crippen LogP contribution in [0, 0.1) is 5.92 Å². The molecule has 1 atom stereocenters. The minimum Gasteiger partial charge on any atom is -0.342 e. The van der Waals surface area contributed by atoms with E-state index >= 15 is 0 Å². The standard InChI is InChI=1S/C15H21BrN2O3S/c1-12-3-2-10-18(11-12)15(19)8-9-17-22(20,21)14-6-4-13(16)5-7-14/h4-7,12,17H,2-3,8-11H2,1H3/t12-/m1/s1. The molecule has 0 unspecified atom stereocenters. The smallest absolute Gasteiger partial charge is 0.240 e. The number of carbonyl (C=O) groups excluding carboxylic acids is 1. The Labute approximate surface area is 140 Å². The van der Waals surface area contributed by atoms with Gasteiger partial charge in [0.1, 0.15) is 0 Å². The van der Waals surface area contributed by atoms with Gasteiger partial charge in [-0.05, 0) is 43.0 Å². The van der Waals surface area contributed by atoms with Gasteiger partial charge in [-0.15, -0.1) is 0 Å². The molecule has 7 heteroatoms. The fourth-order valence-electron chi connectivity index (χ4n) is 2.56. The molecule has 1 saturated heterocycles. The molecule has 0 radical (unpaired) electrons. The Morgan fingerprint density at radius 3 is 2.68 bits per heavy atom. The number of rotatable bonds is 5. The monoisotopic (exact) mass is 388 g/mol. The average molecular weight is 389 g/mol. The molecule has 0 saturated carbocycles. The van der Waals surface area contributed by atoms with E-state index in [0.717, 1.165) is 30.4 Å². The van der Waals surface area contributed by atoms with E-state index in [0.29, 0.717) is 5.92 Å². The van der Waals surface area contributed by atoms with Crippen LogP contribution < -0.4 is 4.72 Å². The number of carbonyl (C=O) groups is 1. The van der Waals surface area contributed by atoms with E-state index in [4.69, 9.17) is 0 Å². The first-order chi connectivity index (χ1) is 10.4.